The number of carbonyl (C=O) groups is 1. The number of hydrogen-bond acceptors (Lipinski definition) is 4. The molecule has 0 radical (unpaired) electrons. The molecule has 0 amide bonds. The van der Waals surface area contributed by atoms with Gasteiger partial charge in [0.15, 0.2) is 5.78 Å². The molecule has 1 aromatic rings. The van der Waals surface area contributed by atoms with E-state index in [2.05, 4.69) is 4.90 Å². The van der Waals surface area contributed by atoms with Gasteiger partial charge in [-0.05, 0) is 50.1 Å². The monoisotopic (exact) mass is 321 g/mol. The third-order valence-corrected chi connectivity index (χ3v) is 4.96. The fourth-order valence-corrected chi connectivity index (χ4v) is 3.38. The summed E-state index contributed by atoms with van der Waals surface area (Å²) in [5.74, 6) is -0.217. The van der Waals surface area contributed by atoms with E-state index in [1.165, 1.54) is 12.1 Å². The van der Waals surface area contributed by atoms with Gasteiger partial charge in [-0.2, -0.15) is 0 Å². The summed E-state index contributed by atoms with van der Waals surface area (Å²) in [7, 11) is 0. The van der Waals surface area contributed by atoms with E-state index >= 15 is 0 Å². The Labute approximate surface area is 136 Å². The molecule has 0 saturated carbocycles. The van der Waals surface area contributed by atoms with Crippen molar-refractivity contribution in [3.05, 3.63) is 35.6 Å². The lowest BCUT2D eigenvalue weighted by Crippen LogP contribution is -2.49. The zero-order valence-corrected chi connectivity index (χ0v) is 13.4. The van der Waals surface area contributed by atoms with Gasteiger partial charge in [0.05, 0.1) is 12.2 Å². The molecule has 0 N–H and O–H groups in total. The molecule has 0 aromatic heterocycles. The van der Waals surface area contributed by atoms with E-state index in [4.69, 9.17) is 9.47 Å². The number of piperidine rings is 1. The van der Waals surface area contributed by atoms with Crippen LogP contribution in [0.25, 0.3) is 0 Å². The quantitative estimate of drug-likeness (QED) is 0.782. The second-order valence-corrected chi connectivity index (χ2v) is 6.48. The van der Waals surface area contributed by atoms with Crippen LogP contribution in [0.4, 0.5) is 4.39 Å². The molecule has 2 aliphatic rings. The first-order valence-corrected chi connectivity index (χ1v) is 8.40. The van der Waals surface area contributed by atoms with Crippen LogP contribution in [-0.4, -0.2) is 49.3 Å². The maximum Gasteiger partial charge on any atom is 0.162 e. The number of benzene rings is 1. The van der Waals surface area contributed by atoms with Crippen LogP contribution >= 0.6 is 0 Å². The first-order chi connectivity index (χ1) is 11.2. The minimum Gasteiger partial charge on any atom is -0.355 e. The Kier molecular flexibility index (Phi) is 5.41. The summed E-state index contributed by atoms with van der Waals surface area (Å²) in [6, 6.07) is 5.80. The molecule has 1 spiro atoms. The molecule has 2 fully saturated rings. The van der Waals surface area contributed by atoms with Gasteiger partial charge in [0.2, 0.25) is 0 Å². The van der Waals surface area contributed by atoms with Crippen LogP contribution in [0, 0.1) is 5.82 Å². The molecule has 2 aliphatic heterocycles. The number of nitrogens with zero attached hydrogens (tertiary/aromatic N) is 1. The molecule has 23 heavy (non-hydrogen) atoms. The van der Waals surface area contributed by atoms with Gasteiger partial charge in [0.1, 0.15) is 12.6 Å². The zero-order chi connectivity index (χ0) is 16.1. The molecule has 2 heterocycles. The number of hydrogen-bond donors (Lipinski definition) is 0. The van der Waals surface area contributed by atoms with Crippen molar-refractivity contribution >= 4 is 5.78 Å². The normalized spacial score (nSPS) is 21.4. The number of halogens is 1. The lowest BCUT2D eigenvalue weighted by Gasteiger charge is -2.43. The summed E-state index contributed by atoms with van der Waals surface area (Å²) in [4.78, 5) is 14.5. The maximum absolute atomic E-state index is 12.9. The van der Waals surface area contributed by atoms with Crippen molar-refractivity contribution in [1.29, 1.82) is 0 Å². The summed E-state index contributed by atoms with van der Waals surface area (Å²) in [6.45, 7) is 4.19. The standard InChI is InChI=1S/C18H24FNO3/c19-16-5-3-15(4-6-16)17(21)2-1-10-20-11-7-18(8-12-20)9-13-22-14-23-18/h3-6H,1-2,7-14H2. The number of rotatable bonds is 5. The van der Waals surface area contributed by atoms with E-state index in [1.807, 2.05) is 0 Å². The van der Waals surface area contributed by atoms with Crippen LogP contribution in [0.1, 0.15) is 42.5 Å². The second-order valence-electron chi connectivity index (χ2n) is 6.48. The summed E-state index contributed by atoms with van der Waals surface area (Å²) in [5.41, 5.74) is 0.623. The Bertz CT molecular complexity index is 516. The number of ether oxygens (including phenoxy) is 2. The molecule has 3 rings (SSSR count). The molecule has 0 aliphatic carbocycles. The lowest BCUT2D eigenvalue weighted by molar-refractivity contribution is -0.208. The molecule has 0 atom stereocenters. The van der Waals surface area contributed by atoms with Crippen LogP contribution in [0.2, 0.25) is 0 Å². The molecular weight excluding hydrogens is 297 g/mol. The maximum atomic E-state index is 12.9. The third kappa shape index (κ3) is 4.37. The van der Waals surface area contributed by atoms with Crippen molar-refractivity contribution in [2.75, 3.05) is 33.0 Å². The van der Waals surface area contributed by atoms with E-state index in [0.29, 0.717) is 18.8 Å². The van der Waals surface area contributed by atoms with E-state index in [-0.39, 0.29) is 17.2 Å². The number of carbonyl (C=O) groups excluding carboxylic acids is 1. The summed E-state index contributed by atoms with van der Waals surface area (Å²) in [6.07, 6.45) is 4.43. The van der Waals surface area contributed by atoms with E-state index in [1.54, 1.807) is 12.1 Å². The first-order valence-electron chi connectivity index (χ1n) is 8.40. The highest BCUT2D eigenvalue weighted by Crippen LogP contribution is 2.32. The fourth-order valence-electron chi connectivity index (χ4n) is 3.38. The molecule has 126 valence electrons. The Morgan fingerprint density at radius 2 is 1.91 bits per heavy atom. The predicted molar refractivity (Wildman–Crippen MR) is 84.9 cm³/mol. The SMILES string of the molecule is O=C(CCCN1CCC2(CCOCO2)CC1)c1ccc(F)cc1. The smallest absolute Gasteiger partial charge is 0.162 e. The highest BCUT2D eigenvalue weighted by molar-refractivity contribution is 5.95. The summed E-state index contributed by atoms with van der Waals surface area (Å²) < 4.78 is 24.0. The predicted octanol–water partition coefficient (Wildman–Crippen LogP) is 3.02. The van der Waals surface area contributed by atoms with E-state index in [0.717, 1.165) is 51.9 Å². The minimum absolute atomic E-state index is 0.0265. The number of ketones is 1. The topological polar surface area (TPSA) is 38.8 Å². The molecule has 4 nitrogen and oxygen atoms in total. The Hall–Kier alpha value is -1.30. The van der Waals surface area contributed by atoms with Crippen molar-refractivity contribution in [3.8, 4) is 0 Å². The van der Waals surface area contributed by atoms with Crippen LogP contribution < -0.4 is 0 Å². The van der Waals surface area contributed by atoms with Gasteiger partial charge < -0.3 is 14.4 Å². The third-order valence-electron chi connectivity index (χ3n) is 4.96. The van der Waals surface area contributed by atoms with Crippen molar-refractivity contribution in [1.82, 2.24) is 4.90 Å². The minimum atomic E-state index is -0.306. The highest BCUT2D eigenvalue weighted by atomic mass is 19.1. The summed E-state index contributed by atoms with van der Waals surface area (Å²) >= 11 is 0. The van der Waals surface area contributed by atoms with Gasteiger partial charge in [-0.1, -0.05) is 0 Å². The lowest BCUT2D eigenvalue weighted by atomic mass is 9.87. The molecule has 2 saturated heterocycles. The Morgan fingerprint density at radius 3 is 2.57 bits per heavy atom. The molecule has 1 aromatic carbocycles. The van der Waals surface area contributed by atoms with Gasteiger partial charge in [-0.3, -0.25) is 4.79 Å². The van der Waals surface area contributed by atoms with Crippen molar-refractivity contribution < 1.29 is 18.7 Å². The Morgan fingerprint density at radius 1 is 1.17 bits per heavy atom. The second kappa shape index (κ2) is 7.51. The average molecular weight is 321 g/mol. The van der Waals surface area contributed by atoms with Gasteiger partial charge in [0.25, 0.3) is 0 Å². The van der Waals surface area contributed by atoms with Gasteiger partial charge in [-0.25, -0.2) is 4.39 Å². The summed E-state index contributed by atoms with van der Waals surface area (Å²) in [5, 5.41) is 0. The largest absolute Gasteiger partial charge is 0.355 e. The van der Waals surface area contributed by atoms with E-state index < -0.39 is 0 Å². The molecule has 0 unspecified atom stereocenters. The number of Topliss-reactive ketones (excluding diaryl/α,β-unsaturated/α-hetero) is 1. The van der Waals surface area contributed by atoms with E-state index in [9.17, 15) is 9.18 Å². The van der Waals surface area contributed by atoms with Crippen LogP contribution in [-0.2, 0) is 9.47 Å². The van der Waals surface area contributed by atoms with Crippen molar-refractivity contribution in [3.63, 3.8) is 0 Å². The van der Waals surface area contributed by atoms with Crippen LogP contribution in [0.5, 0.6) is 0 Å². The van der Waals surface area contributed by atoms with Crippen LogP contribution in [0.15, 0.2) is 24.3 Å². The van der Waals surface area contributed by atoms with Crippen molar-refractivity contribution in [2.45, 2.75) is 37.7 Å². The molecule has 0 bridgehead atoms. The number of likely N-dealkylation sites (tertiary alicyclic amines) is 1. The van der Waals surface area contributed by atoms with Gasteiger partial charge in [0, 0.05) is 31.5 Å². The van der Waals surface area contributed by atoms with Gasteiger partial charge in [-0.15, -0.1) is 0 Å². The van der Waals surface area contributed by atoms with Gasteiger partial charge >= 0.3 is 0 Å². The fraction of sp³-hybridized carbons (Fsp3) is 0.611. The molecular formula is C18H24FNO3. The average Bonchev–Trinajstić information content (AvgIpc) is 2.58. The van der Waals surface area contributed by atoms with Crippen LogP contribution in [0.3, 0.4) is 0 Å². The first kappa shape index (κ1) is 16.6. The zero-order valence-electron chi connectivity index (χ0n) is 13.4. The highest BCUT2D eigenvalue weighted by Gasteiger charge is 2.37. The van der Waals surface area contributed by atoms with Crippen molar-refractivity contribution in [2.24, 2.45) is 0 Å². The Balaban J connectivity index is 1.38. The molecule has 5 heteroatoms.